The molecule has 0 heterocycles. The first-order valence-corrected chi connectivity index (χ1v) is 9.42. The molecule has 0 bridgehead atoms. The first kappa shape index (κ1) is 19.1. The molecule has 1 aromatic rings. The maximum atomic E-state index is 6.11. The Morgan fingerprint density at radius 2 is 1.65 bits per heavy atom. The number of halogens is 2. The SMILES string of the molecule is CN(C)C(CC1CCCCC1)C1(c2ccc(Cl)cc2)CCC1.Cl. The molecule has 3 rings (SSSR count). The smallest absolute Gasteiger partial charge is 0.0406 e. The van der Waals surface area contributed by atoms with Crippen LogP contribution in [-0.4, -0.2) is 25.0 Å². The predicted octanol–water partition coefficient (Wildman–Crippen LogP) is 6.08. The molecule has 2 aliphatic rings. The topological polar surface area (TPSA) is 3.24 Å². The number of likely N-dealkylation sites (N-methyl/N-ethyl adjacent to an activating group) is 1. The van der Waals surface area contributed by atoms with Crippen molar-refractivity contribution in [3.8, 4) is 0 Å². The van der Waals surface area contributed by atoms with Crippen molar-refractivity contribution in [2.45, 2.75) is 69.2 Å². The van der Waals surface area contributed by atoms with E-state index in [2.05, 4.69) is 43.3 Å². The fourth-order valence-corrected chi connectivity index (χ4v) is 4.95. The van der Waals surface area contributed by atoms with Crippen LogP contribution in [0.4, 0.5) is 0 Å². The molecule has 2 fully saturated rings. The second-order valence-corrected chi connectivity index (χ2v) is 8.17. The summed E-state index contributed by atoms with van der Waals surface area (Å²) < 4.78 is 0. The van der Waals surface area contributed by atoms with Crippen molar-refractivity contribution in [2.75, 3.05) is 14.1 Å². The monoisotopic (exact) mass is 355 g/mol. The van der Waals surface area contributed by atoms with Gasteiger partial charge in [-0.1, -0.05) is 62.3 Å². The van der Waals surface area contributed by atoms with Crippen molar-refractivity contribution < 1.29 is 0 Å². The van der Waals surface area contributed by atoms with E-state index in [0.29, 0.717) is 11.5 Å². The summed E-state index contributed by atoms with van der Waals surface area (Å²) in [5.41, 5.74) is 1.88. The molecule has 0 amide bonds. The highest BCUT2D eigenvalue weighted by Crippen LogP contribution is 2.50. The van der Waals surface area contributed by atoms with Gasteiger partial charge in [0, 0.05) is 16.5 Å². The van der Waals surface area contributed by atoms with Gasteiger partial charge in [0.05, 0.1) is 0 Å². The van der Waals surface area contributed by atoms with Gasteiger partial charge in [0.25, 0.3) is 0 Å². The van der Waals surface area contributed by atoms with E-state index in [4.69, 9.17) is 11.6 Å². The maximum Gasteiger partial charge on any atom is 0.0406 e. The lowest BCUT2D eigenvalue weighted by Crippen LogP contribution is -2.53. The van der Waals surface area contributed by atoms with Gasteiger partial charge < -0.3 is 4.90 Å². The molecule has 0 aromatic heterocycles. The van der Waals surface area contributed by atoms with Crippen molar-refractivity contribution >= 4 is 24.0 Å². The summed E-state index contributed by atoms with van der Waals surface area (Å²) in [6.07, 6.45) is 12.6. The molecule has 130 valence electrons. The fraction of sp³-hybridized carbons (Fsp3) is 0.700. The average Bonchev–Trinajstić information content (AvgIpc) is 2.48. The third-order valence-corrected chi connectivity index (χ3v) is 6.46. The van der Waals surface area contributed by atoms with E-state index >= 15 is 0 Å². The minimum absolute atomic E-state index is 0. The molecule has 0 saturated heterocycles. The first-order chi connectivity index (χ1) is 10.6. The predicted molar refractivity (Wildman–Crippen MR) is 103 cm³/mol. The van der Waals surface area contributed by atoms with E-state index in [1.807, 2.05) is 0 Å². The van der Waals surface area contributed by atoms with Crippen molar-refractivity contribution in [2.24, 2.45) is 5.92 Å². The number of rotatable bonds is 5. The highest BCUT2D eigenvalue weighted by Gasteiger charge is 2.46. The van der Waals surface area contributed by atoms with E-state index < -0.39 is 0 Å². The lowest BCUT2D eigenvalue weighted by atomic mass is 9.58. The highest BCUT2D eigenvalue weighted by molar-refractivity contribution is 6.30. The fourth-order valence-electron chi connectivity index (χ4n) is 4.82. The quantitative estimate of drug-likeness (QED) is 0.618. The zero-order valence-electron chi connectivity index (χ0n) is 14.6. The molecule has 0 aliphatic heterocycles. The molecule has 2 aliphatic carbocycles. The van der Waals surface area contributed by atoms with Crippen molar-refractivity contribution in [3.63, 3.8) is 0 Å². The third-order valence-electron chi connectivity index (χ3n) is 6.21. The third kappa shape index (κ3) is 4.06. The average molecular weight is 356 g/mol. The molecule has 1 atom stereocenters. The van der Waals surface area contributed by atoms with Gasteiger partial charge in [-0.15, -0.1) is 12.4 Å². The van der Waals surface area contributed by atoms with E-state index in [1.165, 1.54) is 63.4 Å². The summed E-state index contributed by atoms with van der Waals surface area (Å²) in [6.45, 7) is 0. The minimum atomic E-state index is 0. The molecule has 1 nitrogen and oxygen atoms in total. The zero-order chi connectivity index (χ0) is 15.6. The van der Waals surface area contributed by atoms with Gasteiger partial charge in [-0.3, -0.25) is 0 Å². The molecule has 1 aromatic carbocycles. The Labute approximate surface area is 153 Å². The van der Waals surface area contributed by atoms with Crippen molar-refractivity contribution in [3.05, 3.63) is 34.9 Å². The van der Waals surface area contributed by atoms with E-state index in [1.54, 1.807) is 0 Å². The Hall–Kier alpha value is -0.240. The molecule has 1 unspecified atom stereocenters. The van der Waals surface area contributed by atoms with Gasteiger partial charge in [-0.2, -0.15) is 0 Å². The van der Waals surface area contributed by atoms with Crippen LogP contribution < -0.4 is 0 Å². The van der Waals surface area contributed by atoms with Crippen LogP contribution in [-0.2, 0) is 5.41 Å². The van der Waals surface area contributed by atoms with Crippen LogP contribution in [0.25, 0.3) is 0 Å². The summed E-state index contributed by atoms with van der Waals surface area (Å²) >= 11 is 6.11. The van der Waals surface area contributed by atoms with Gasteiger partial charge >= 0.3 is 0 Å². The van der Waals surface area contributed by atoms with Crippen LogP contribution in [0.1, 0.15) is 63.4 Å². The first-order valence-electron chi connectivity index (χ1n) is 9.04. The lowest BCUT2D eigenvalue weighted by Gasteiger charge is -2.52. The Kier molecular flexibility index (Phi) is 6.83. The van der Waals surface area contributed by atoms with Crippen LogP contribution in [0.2, 0.25) is 5.02 Å². The largest absolute Gasteiger partial charge is 0.306 e. The maximum absolute atomic E-state index is 6.11. The lowest BCUT2D eigenvalue weighted by molar-refractivity contribution is 0.0715. The van der Waals surface area contributed by atoms with Crippen molar-refractivity contribution in [1.29, 1.82) is 0 Å². The molecule has 0 radical (unpaired) electrons. The summed E-state index contributed by atoms with van der Waals surface area (Å²) in [4.78, 5) is 2.50. The Bertz CT molecular complexity index is 473. The van der Waals surface area contributed by atoms with E-state index in [9.17, 15) is 0 Å². The zero-order valence-corrected chi connectivity index (χ0v) is 16.1. The second kappa shape index (κ2) is 8.23. The molecule has 2 saturated carbocycles. The van der Waals surface area contributed by atoms with Gasteiger partial charge in [0.1, 0.15) is 0 Å². The molecular weight excluding hydrogens is 325 g/mol. The van der Waals surface area contributed by atoms with Gasteiger partial charge in [0.2, 0.25) is 0 Å². The second-order valence-electron chi connectivity index (χ2n) is 7.74. The Morgan fingerprint density at radius 1 is 1.04 bits per heavy atom. The summed E-state index contributed by atoms with van der Waals surface area (Å²) in [5, 5.41) is 0.854. The van der Waals surface area contributed by atoms with Crippen molar-refractivity contribution in [1.82, 2.24) is 4.90 Å². The molecular formula is C20H31Cl2N. The normalized spacial score (nSPS) is 22.3. The summed E-state index contributed by atoms with van der Waals surface area (Å²) in [6, 6.07) is 9.37. The van der Waals surface area contributed by atoms with Crippen LogP contribution in [0.5, 0.6) is 0 Å². The Balaban J connectivity index is 0.00000192. The molecule has 0 N–H and O–H groups in total. The standard InChI is InChI=1S/C20H30ClN.ClH/c1-22(2)19(15-16-7-4-3-5-8-16)20(13-6-14-20)17-9-11-18(21)12-10-17;/h9-12,16,19H,3-8,13-15H2,1-2H3;1H. The van der Waals surface area contributed by atoms with Gasteiger partial charge in [-0.25, -0.2) is 0 Å². The van der Waals surface area contributed by atoms with E-state index in [0.717, 1.165) is 10.9 Å². The van der Waals surface area contributed by atoms with Crippen LogP contribution in [0.15, 0.2) is 24.3 Å². The molecule has 3 heteroatoms. The van der Waals surface area contributed by atoms with Crippen LogP contribution >= 0.6 is 24.0 Å². The summed E-state index contributed by atoms with van der Waals surface area (Å²) in [5.74, 6) is 0.936. The summed E-state index contributed by atoms with van der Waals surface area (Å²) in [7, 11) is 4.56. The molecule has 0 spiro atoms. The molecule has 23 heavy (non-hydrogen) atoms. The van der Waals surface area contributed by atoms with Crippen LogP contribution in [0, 0.1) is 5.92 Å². The van der Waals surface area contributed by atoms with Crippen LogP contribution in [0.3, 0.4) is 0 Å². The van der Waals surface area contributed by atoms with E-state index in [-0.39, 0.29) is 12.4 Å². The van der Waals surface area contributed by atoms with Gasteiger partial charge in [-0.05, 0) is 57.0 Å². The Morgan fingerprint density at radius 3 is 2.13 bits per heavy atom. The number of nitrogens with zero attached hydrogens (tertiary/aromatic N) is 1. The number of hydrogen-bond acceptors (Lipinski definition) is 1. The van der Waals surface area contributed by atoms with Gasteiger partial charge in [0.15, 0.2) is 0 Å². The minimum Gasteiger partial charge on any atom is -0.306 e. The number of benzene rings is 1. The highest BCUT2D eigenvalue weighted by atomic mass is 35.5. The number of hydrogen-bond donors (Lipinski definition) is 0.